The highest BCUT2D eigenvalue weighted by molar-refractivity contribution is 8.00. The summed E-state index contributed by atoms with van der Waals surface area (Å²) < 4.78 is 25.3. The molecular formula is C19H19ClN2O4S2. The number of carbonyl (C=O) groups excluding carboxylic acids is 2. The molecule has 0 saturated heterocycles. The van der Waals surface area contributed by atoms with Crippen LogP contribution in [0.5, 0.6) is 0 Å². The van der Waals surface area contributed by atoms with Crippen molar-refractivity contribution in [1.29, 1.82) is 0 Å². The summed E-state index contributed by atoms with van der Waals surface area (Å²) in [4.78, 5) is 24.9. The smallest absolute Gasteiger partial charge is 0.225 e. The number of nitrogens with one attached hydrogen (secondary N) is 2. The molecule has 0 unspecified atom stereocenters. The van der Waals surface area contributed by atoms with Crippen LogP contribution < -0.4 is 10.6 Å². The number of rotatable bonds is 5. The maximum atomic E-state index is 12.6. The molecule has 0 bridgehead atoms. The molecule has 0 spiro atoms. The quantitative estimate of drug-likeness (QED) is 0.736. The standard InChI is InChI=1S/C19H19ClN2O4S2/c1-12-10-19(24)22-16-11-15(6-7-17(16)27-12)28(25,26)9-8-18(23)21-14-4-2-13(20)3-5-14/h2-7,11-12H,8-10H2,1H3,(H,21,23)(H,22,24)/t12-/m0/s1. The highest BCUT2D eigenvalue weighted by Gasteiger charge is 2.22. The molecule has 1 heterocycles. The minimum atomic E-state index is -3.67. The minimum absolute atomic E-state index is 0.0843. The van der Waals surface area contributed by atoms with Gasteiger partial charge in [-0.15, -0.1) is 11.8 Å². The number of halogens is 1. The Hall–Kier alpha value is -2.03. The van der Waals surface area contributed by atoms with Gasteiger partial charge in [-0.1, -0.05) is 18.5 Å². The van der Waals surface area contributed by atoms with Crippen LogP contribution in [0.3, 0.4) is 0 Å². The van der Waals surface area contributed by atoms with Crippen molar-refractivity contribution in [3.8, 4) is 0 Å². The van der Waals surface area contributed by atoms with E-state index >= 15 is 0 Å². The van der Waals surface area contributed by atoms with Crippen LogP contribution >= 0.6 is 23.4 Å². The Balaban J connectivity index is 1.68. The normalized spacial score (nSPS) is 16.6. The van der Waals surface area contributed by atoms with Gasteiger partial charge in [-0.05, 0) is 42.5 Å². The zero-order chi connectivity index (χ0) is 20.3. The summed E-state index contributed by atoms with van der Waals surface area (Å²) in [5.41, 5.74) is 1.04. The molecule has 0 aliphatic carbocycles. The lowest BCUT2D eigenvalue weighted by Crippen LogP contribution is -2.18. The van der Waals surface area contributed by atoms with Crippen molar-refractivity contribution >= 4 is 56.4 Å². The van der Waals surface area contributed by atoms with Gasteiger partial charge in [0.1, 0.15) is 0 Å². The number of hydrogen-bond acceptors (Lipinski definition) is 5. The lowest BCUT2D eigenvalue weighted by atomic mass is 10.3. The lowest BCUT2D eigenvalue weighted by molar-refractivity contribution is -0.116. The van der Waals surface area contributed by atoms with Crippen molar-refractivity contribution in [3.05, 3.63) is 47.5 Å². The van der Waals surface area contributed by atoms with E-state index in [0.29, 0.717) is 22.8 Å². The molecule has 1 aliphatic heterocycles. The molecule has 0 saturated carbocycles. The van der Waals surface area contributed by atoms with E-state index in [0.717, 1.165) is 4.90 Å². The number of fused-ring (bicyclic) bond motifs is 1. The molecule has 6 nitrogen and oxygen atoms in total. The first-order valence-corrected chi connectivity index (χ1v) is 11.5. The molecule has 1 atom stereocenters. The summed E-state index contributed by atoms with van der Waals surface area (Å²) in [6, 6.07) is 11.2. The van der Waals surface area contributed by atoms with E-state index < -0.39 is 15.7 Å². The number of carbonyl (C=O) groups is 2. The van der Waals surface area contributed by atoms with E-state index in [2.05, 4.69) is 10.6 Å². The summed E-state index contributed by atoms with van der Waals surface area (Å²) in [6.07, 6.45) is 0.187. The molecule has 3 rings (SSSR count). The Kier molecular flexibility index (Phi) is 6.32. The van der Waals surface area contributed by atoms with E-state index in [-0.39, 0.29) is 28.2 Å². The second-order valence-corrected chi connectivity index (χ2v) is 10.5. The van der Waals surface area contributed by atoms with E-state index in [4.69, 9.17) is 11.6 Å². The van der Waals surface area contributed by atoms with E-state index in [1.54, 1.807) is 30.3 Å². The molecule has 0 fully saturated rings. The molecule has 1 aliphatic rings. The second kappa shape index (κ2) is 8.55. The van der Waals surface area contributed by atoms with Crippen LogP contribution in [0.1, 0.15) is 19.8 Å². The highest BCUT2D eigenvalue weighted by Crippen LogP contribution is 2.36. The highest BCUT2D eigenvalue weighted by atomic mass is 35.5. The van der Waals surface area contributed by atoms with Gasteiger partial charge in [0.25, 0.3) is 0 Å². The maximum Gasteiger partial charge on any atom is 0.225 e. The number of hydrogen-bond donors (Lipinski definition) is 2. The Bertz CT molecular complexity index is 1010. The molecule has 2 amide bonds. The van der Waals surface area contributed by atoms with Gasteiger partial charge in [-0.25, -0.2) is 8.42 Å². The molecule has 2 aromatic rings. The summed E-state index contributed by atoms with van der Waals surface area (Å²) in [5, 5.41) is 6.05. The van der Waals surface area contributed by atoms with Gasteiger partial charge in [0, 0.05) is 33.7 Å². The number of anilines is 2. The SMILES string of the molecule is C[C@H]1CC(=O)Nc2cc(S(=O)(=O)CCC(=O)Nc3ccc(Cl)cc3)ccc2S1. The van der Waals surface area contributed by atoms with Gasteiger partial charge in [0.2, 0.25) is 11.8 Å². The first kappa shape index (κ1) is 20.7. The van der Waals surface area contributed by atoms with Crippen molar-refractivity contribution in [2.24, 2.45) is 0 Å². The van der Waals surface area contributed by atoms with E-state index in [1.807, 2.05) is 6.92 Å². The fourth-order valence-electron chi connectivity index (χ4n) is 2.73. The van der Waals surface area contributed by atoms with Crippen LogP contribution in [0.4, 0.5) is 11.4 Å². The third-order valence-electron chi connectivity index (χ3n) is 4.11. The van der Waals surface area contributed by atoms with Crippen molar-refractivity contribution in [2.75, 3.05) is 16.4 Å². The molecular weight excluding hydrogens is 420 g/mol. The Morgan fingerprint density at radius 3 is 2.68 bits per heavy atom. The second-order valence-electron chi connectivity index (χ2n) is 6.46. The Morgan fingerprint density at radius 1 is 1.25 bits per heavy atom. The van der Waals surface area contributed by atoms with Gasteiger partial charge in [0.05, 0.1) is 16.3 Å². The van der Waals surface area contributed by atoms with Crippen LogP contribution in [0.25, 0.3) is 0 Å². The summed E-state index contributed by atoms with van der Waals surface area (Å²) in [5.74, 6) is -0.878. The van der Waals surface area contributed by atoms with E-state index in [1.165, 1.54) is 23.9 Å². The lowest BCUT2D eigenvalue weighted by Gasteiger charge is -2.11. The van der Waals surface area contributed by atoms with Gasteiger partial charge in [0.15, 0.2) is 9.84 Å². The monoisotopic (exact) mass is 438 g/mol. The first-order valence-electron chi connectivity index (χ1n) is 8.62. The Morgan fingerprint density at radius 2 is 1.96 bits per heavy atom. The van der Waals surface area contributed by atoms with Crippen molar-refractivity contribution in [1.82, 2.24) is 0 Å². The molecule has 2 aromatic carbocycles. The molecule has 9 heteroatoms. The summed E-state index contributed by atoms with van der Waals surface area (Å²) in [6.45, 7) is 1.95. The van der Waals surface area contributed by atoms with Crippen LogP contribution in [-0.2, 0) is 19.4 Å². The number of amides is 2. The van der Waals surface area contributed by atoms with E-state index in [9.17, 15) is 18.0 Å². The molecule has 0 aromatic heterocycles. The predicted octanol–water partition coefficient (Wildman–Crippen LogP) is 3.97. The number of sulfone groups is 1. The fraction of sp³-hybridized carbons (Fsp3) is 0.263. The van der Waals surface area contributed by atoms with Crippen LogP contribution in [0, 0.1) is 0 Å². The van der Waals surface area contributed by atoms with Crippen LogP contribution in [0.2, 0.25) is 5.02 Å². The third-order valence-corrected chi connectivity index (χ3v) is 7.26. The first-order chi connectivity index (χ1) is 13.2. The summed E-state index contributed by atoms with van der Waals surface area (Å²) >= 11 is 7.32. The largest absolute Gasteiger partial charge is 0.326 e. The Labute approximate surface area is 173 Å². The average molecular weight is 439 g/mol. The number of thioether (sulfide) groups is 1. The predicted molar refractivity (Wildman–Crippen MR) is 112 cm³/mol. The minimum Gasteiger partial charge on any atom is -0.326 e. The topological polar surface area (TPSA) is 92.3 Å². The van der Waals surface area contributed by atoms with Crippen molar-refractivity contribution in [2.45, 2.75) is 34.8 Å². The zero-order valence-corrected chi connectivity index (χ0v) is 17.5. The molecule has 2 N–H and O–H groups in total. The van der Waals surface area contributed by atoms with Gasteiger partial charge in [-0.3, -0.25) is 9.59 Å². The third kappa shape index (κ3) is 5.27. The van der Waals surface area contributed by atoms with Crippen LogP contribution in [0.15, 0.2) is 52.3 Å². The zero-order valence-electron chi connectivity index (χ0n) is 15.1. The summed E-state index contributed by atoms with van der Waals surface area (Å²) in [7, 11) is -3.67. The fourth-order valence-corrected chi connectivity index (χ4v) is 5.17. The molecule has 28 heavy (non-hydrogen) atoms. The average Bonchev–Trinajstić information content (AvgIpc) is 2.77. The molecule has 0 radical (unpaired) electrons. The van der Waals surface area contributed by atoms with Gasteiger partial charge >= 0.3 is 0 Å². The van der Waals surface area contributed by atoms with Crippen molar-refractivity contribution < 1.29 is 18.0 Å². The number of benzene rings is 2. The van der Waals surface area contributed by atoms with Crippen molar-refractivity contribution in [3.63, 3.8) is 0 Å². The molecule has 148 valence electrons. The van der Waals surface area contributed by atoms with Gasteiger partial charge < -0.3 is 10.6 Å². The van der Waals surface area contributed by atoms with Gasteiger partial charge in [-0.2, -0.15) is 0 Å². The maximum absolute atomic E-state index is 12.6. The van der Waals surface area contributed by atoms with Crippen LogP contribution in [-0.4, -0.2) is 31.2 Å².